The highest BCUT2D eigenvalue weighted by Gasteiger charge is 2.43. The molecule has 1 aromatic rings. The second-order valence-electron chi connectivity index (χ2n) is 3.97. The van der Waals surface area contributed by atoms with Gasteiger partial charge in [-0.05, 0) is 12.1 Å². The smallest absolute Gasteiger partial charge is 0.253 e. The summed E-state index contributed by atoms with van der Waals surface area (Å²) in [5.74, 6) is -0.452. The van der Waals surface area contributed by atoms with Crippen molar-refractivity contribution in [1.82, 2.24) is 10.3 Å². The molecule has 2 heterocycles. The Morgan fingerprint density at radius 3 is 2.56 bits per heavy atom. The van der Waals surface area contributed by atoms with E-state index in [4.69, 9.17) is 9.84 Å². The lowest BCUT2D eigenvalue weighted by Crippen LogP contribution is -2.43. The monoisotopic (exact) mass is 254 g/mol. The summed E-state index contributed by atoms with van der Waals surface area (Å²) < 4.78 is 5.13. The maximum Gasteiger partial charge on any atom is 0.253 e. The van der Waals surface area contributed by atoms with Gasteiger partial charge >= 0.3 is 0 Å². The molecule has 1 fully saturated rings. The summed E-state index contributed by atoms with van der Waals surface area (Å²) in [7, 11) is 0. The topological polar surface area (TPSA) is 112 Å². The van der Waals surface area contributed by atoms with Crippen LogP contribution >= 0.6 is 0 Å². The first-order valence-corrected chi connectivity index (χ1v) is 5.47. The van der Waals surface area contributed by atoms with Crippen LogP contribution in [0.25, 0.3) is 0 Å². The lowest BCUT2D eigenvalue weighted by molar-refractivity contribution is -0.0304. The number of nitrogens with one attached hydrogen (secondary N) is 1. The highest BCUT2D eigenvalue weighted by Crippen LogP contribution is 2.19. The summed E-state index contributed by atoms with van der Waals surface area (Å²) in [4.78, 5) is 15.6. The predicted octanol–water partition coefficient (Wildman–Crippen LogP) is -1.75. The number of amides is 1. The minimum Gasteiger partial charge on any atom is -0.394 e. The number of nitrogens with zero attached hydrogens (tertiary/aromatic N) is 1. The van der Waals surface area contributed by atoms with E-state index in [0.29, 0.717) is 5.56 Å². The maximum absolute atomic E-state index is 11.8. The molecule has 2 rings (SSSR count). The van der Waals surface area contributed by atoms with Gasteiger partial charge in [0.05, 0.1) is 6.61 Å². The Balaban J connectivity index is 2.00. The summed E-state index contributed by atoms with van der Waals surface area (Å²) in [6, 6.07) is 3.02. The summed E-state index contributed by atoms with van der Waals surface area (Å²) in [5.41, 5.74) is 0.364. The van der Waals surface area contributed by atoms with Crippen LogP contribution in [0.15, 0.2) is 24.5 Å². The molecule has 1 aliphatic heterocycles. The second kappa shape index (κ2) is 5.40. The van der Waals surface area contributed by atoms with Crippen molar-refractivity contribution in [1.29, 1.82) is 0 Å². The van der Waals surface area contributed by atoms with E-state index in [-0.39, 0.29) is 0 Å². The Bertz CT molecular complexity index is 413. The molecule has 0 saturated carbocycles. The molecule has 1 aromatic heterocycles. The zero-order chi connectivity index (χ0) is 13.1. The minimum absolute atomic E-state index is 0.364. The lowest BCUT2D eigenvalue weighted by Gasteiger charge is -2.16. The third-order valence-corrected chi connectivity index (χ3v) is 2.76. The molecule has 0 aliphatic carbocycles. The van der Waals surface area contributed by atoms with Gasteiger partial charge in [0.25, 0.3) is 5.91 Å². The second-order valence-corrected chi connectivity index (χ2v) is 3.97. The quantitative estimate of drug-likeness (QED) is 0.509. The molecule has 98 valence electrons. The molecule has 1 saturated heterocycles. The van der Waals surface area contributed by atoms with E-state index in [1.807, 2.05) is 0 Å². The molecule has 0 radical (unpaired) electrons. The Labute approximate surface area is 103 Å². The first kappa shape index (κ1) is 12.9. The number of aliphatic hydroxyl groups excluding tert-OH is 3. The van der Waals surface area contributed by atoms with Gasteiger partial charge in [-0.1, -0.05) is 0 Å². The molecule has 0 aromatic carbocycles. The number of carbonyl (C=O) groups is 1. The standard InChI is InChI=1S/C11H14N2O5/c14-5-7-8(15)9(16)11(18-7)13-10(17)6-1-3-12-4-2-6/h1-4,7-9,11,14-16H,5H2,(H,13,17)/t7-,8-,9-,11-/m1/s1. The van der Waals surface area contributed by atoms with Gasteiger partial charge in [0.1, 0.15) is 18.3 Å². The predicted molar refractivity (Wildman–Crippen MR) is 59.5 cm³/mol. The number of rotatable bonds is 3. The minimum atomic E-state index is -1.27. The van der Waals surface area contributed by atoms with E-state index in [0.717, 1.165) is 0 Å². The van der Waals surface area contributed by atoms with Gasteiger partial charge in [0, 0.05) is 18.0 Å². The van der Waals surface area contributed by atoms with Gasteiger partial charge in [0.2, 0.25) is 0 Å². The van der Waals surface area contributed by atoms with Gasteiger partial charge in [-0.25, -0.2) is 0 Å². The molecule has 1 amide bonds. The summed E-state index contributed by atoms with van der Waals surface area (Å²) in [5, 5.41) is 30.5. The van der Waals surface area contributed by atoms with Crippen LogP contribution in [0.4, 0.5) is 0 Å². The van der Waals surface area contributed by atoms with E-state index in [9.17, 15) is 15.0 Å². The molecular weight excluding hydrogens is 240 g/mol. The molecule has 1 aliphatic rings. The highest BCUT2D eigenvalue weighted by molar-refractivity contribution is 5.94. The fourth-order valence-electron chi connectivity index (χ4n) is 1.73. The van der Waals surface area contributed by atoms with Crippen molar-refractivity contribution >= 4 is 5.91 Å². The van der Waals surface area contributed by atoms with E-state index in [1.165, 1.54) is 24.5 Å². The SMILES string of the molecule is O=C(N[C@@H]1O[C@H](CO)[C@@H](O)[C@H]1O)c1ccncc1. The molecule has 7 nitrogen and oxygen atoms in total. The van der Waals surface area contributed by atoms with Crippen LogP contribution in [0, 0.1) is 0 Å². The van der Waals surface area contributed by atoms with Crippen LogP contribution in [0.5, 0.6) is 0 Å². The molecular formula is C11H14N2O5. The average Bonchev–Trinajstić information content (AvgIpc) is 2.67. The van der Waals surface area contributed by atoms with Crippen molar-refractivity contribution in [3.05, 3.63) is 30.1 Å². The van der Waals surface area contributed by atoms with Crippen LogP contribution in [-0.2, 0) is 4.74 Å². The zero-order valence-electron chi connectivity index (χ0n) is 9.43. The normalized spacial score (nSPS) is 31.3. The molecule has 0 spiro atoms. The Kier molecular flexibility index (Phi) is 3.87. The van der Waals surface area contributed by atoms with Crippen molar-refractivity contribution in [2.75, 3.05) is 6.61 Å². The van der Waals surface area contributed by atoms with Gasteiger partial charge in [0.15, 0.2) is 6.23 Å². The van der Waals surface area contributed by atoms with E-state index >= 15 is 0 Å². The van der Waals surface area contributed by atoms with E-state index in [1.54, 1.807) is 0 Å². The van der Waals surface area contributed by atoms with Crippen LogP contribution < -0.4 is 5.32 Å². The Hall–Kier alpha value is -1.54. The Morgan fingerprint density at radius 2 is 2.00 bits per heavy atom. The molecule has 0 bridgehead atoms. The Morgan fingerprint density at radius 1 is 1.33 bits per heavy atom. The highest BCUT2D eigenvalue weighted by atomic mass is 16.6. The maximum atomic E-state index is 11.8. The number of hydrogen-bond acceptors (Lipinski definition) is 6. The van der Waals surface area contributed by atoms with Crippen molar-refractivity contribution in [3.63, 3.8) is 0 Å². The molecule has 0 unspecified atom stereocenters. The third-order valence-electron chi connectivity index (χ3n) is 2.76. The number of ether oxygens (including phenoxy) is 1. The fraction of sp³-hybridized carbons (Fsp3) is 0.455. The number of aromatic nitrogens is 1. The van der Waals surface area contributed by atoms with Crippen molar-refractivity contribution < 1.29 is 24.9 Å². The van der Waals surface area contributed by atoms with Gasteiger partial charge < -0.3 is 25.4 Å². The van der Waals surface area contributed by atoms with Gasteiger partial charge in [-0.3, -0.25) is 9.78 Å². The van der Waals surface area contributed by atoms with E-state index in [2.05, 4.69) is 10.3 Å². The van der Waals surface area contributed by atoms with Crippen LogP contribution in [0.3, 0.4) is 0 Å². The lowest BCUT2D eigenvalue weighted by atomic mass is 10.1. The van der Waals surface area contributed by atoms with Crippen LogP contribution in [0.2, 0.25) is 0 Å². The van der Waals surface area contributed by atoms with Crippen LogP contribution in [0.1, 0.15) is 10.4 Å². The van der Waals surface area contributed by atoms with Crippen molar-refractivity contribution in [2.24, 2.45) is 0 Å². The fourth-order valence-corrected chi connectivity index (χ4v) is 1.73. The van der Waals surface area contributed by atoms with Gasteiger partial charge in [-0.15, -0.1) is 0 Å². The molecule has 7 heteroatoms. The van der Waals surface area contributed by atoms with E-state index < -0.39 is 37.1 Å². The van der Waals surface area contributed by atoms with Crippen molar-refractivity contribution in [3.8, 4) is 0 Å². The average molecular weight is 254 g/mol. The molecule has 18 heavy (non-hydrogen) atoms. The van der Waals surface area contributed by atoms with Crippen molar-refractivity contribution in [2.45, 2.75) is 24.5 Å². The largest absolute Gasteiger partial charge is 0.394 e. The van der Waals surface area contributed by atoms with Gasteiger partial charge in [-0.2, -0.15) is 0 Å². The summed E-state index contributed by atoms with van der Waals surface area (Å²) >= 11 is 0. The number of hydrogen-bond donors (Lipinski definition) is 4. The summed E-state index contributed by atoms with van der Waals surface area (Å²) in [6.07, 6.45) is -1.51. The first-order chi connectivity index (χ1) is 8.63. The third kappa shape index (κ3) is 2.49. The van der Waals surface area contributed by atoms with Crippen LogP contribution in [-0.4, -0.2) is 57.4 Å². The number of aliphatic hydroxyl groups is 3. The summed E-state index contributed by atoms with van der Waals surface area (Å²) in [6.45, 7) is -0.431. The first-order valence-electron chi connectivity index (χ1n) is 5.47. The number of carbonyl (C=O) groups excluding carboxylic acids is 1. The zero-order valence-corrected chi connectivity index (χ0v) is 9.43. The number of pyridine rings is 1. The molecule has 4 atom stereocenters. The molecule has 4 N–H and O–H groups in total.